The van der Waals surface area contributed by atoms with Crippen LogP contribution in [0.25, 0.3) is 0 Å². The van der Waals surface area contributed by atoms with Crippen molar-refractivity contribution in [1.29, 1.82) is 0 Å². The molecule has 0 amide bonds. The summed E-state index contributed by atoms with van der Waals surface area (Å²) >= 11 is 0. The SMILES string of the molecule is OC([C@H]1CC[C@H](O)CC1)(C(F)(F)F)C(F)(F)F. The van der Waals surface area contributed by atoms with Crippen molar-refractivity contribution in [3.63, 3.8) is 0 Å². The molecular weight excluding hydrogens is 254 g/mol. The van der Waals surface area contributed by atoms with E-state index in [4.69, 9.17) is 10.2 Å². The maximum Gasteiger partial charge on any atom is 0.426 e. The molecule has 1 saturated carbocycles. The summed E-state index contributed by atoms with van der Waals surface area (Å²) in [5.41, 5.74) is -4.68. The zero-order valence-corrected chi connectivity index (χ0v) is 8.65. The first kappa shape index (κ1) is 14.6. The third kappa shape index (κ3) is 2.52. The zero-order valence-electron chi connectivity index (χ0n) is 8.65. The first-order chi connectivity index (χ1) is 7.50. The van der Waals surface area contributed by atoms with Crippen molar-refractivity contribution < 1.29 is 36.6 Å². The molecule has 2 nitrogen and oxygen atoms in total. The molecule has 0 radical (unpaired) electrons. The van der Waals surface area contributed by atoms with Crippen molar-refractivity contribution in [2.75, 3.05) is 0 Å². The molecule has 0 aromatic carbocycles. The van der Waals surface area contributed by atoms with Gasteiger partial charge in [-0.05, 0) is 25.7 Å². The van der Waals surface area contributed by atoms with E-state index < -0.39 is 42.8 Å². The predicted molar refractivity (Wildman–Crippen MR) is 45.0 cm³/mol. The molecule has 0 unspecified atom stereocenters. The maximum absolute atomic E-state index is 12.4. The second kappa shape index (κ2) is 4.31. The van der Waals surface area contributed by atoms with Gasteiger partial charge in [-0.3, -0.25) is 0 Å². The standard InChI is InChI=1S/C9H12F6O2/c10-8(11,12)7(17,9(13,14)15)5-1-3-6(16)4-2-5/h5-6,16-17H,1-4H2/t5-,6-. The number of rotatable bonds is 1. The second-order valence-electron chi connectivity index (χ2n) is 4.27. The second-order valence-corrected chi connectivity index (χ2v) is 4.27. The van der Waals surface area contributed by atoms with Gasteiger partial charge in [-0.15, -0.1) is 0 Å². The van der Waals surface area contributed by atoms with Crippen molar-refractivity contribution in [2.45, 2.75) is 49.7 Å². The first-order valence-corrected chi connectivity index (χ1v) is 5.04. The Balaban J connectivity index is 3.00. The fraction of sp³-hybridized carbons (Fsp3) is 1.00. The molecule has 0 saturated heterocycles. The minimum absolute atomic E-state index is 0.168. The van der Waals surface area contributed by atoms with Gasteiger partial charge in [0.2, 0.25) is 0 Å². The van der Waals surface area contributed by atoms with Gasteiger partial charge in [0.1, 0.15) is 0 Å². The van der Waals surface area contributed by atoms with Crippen LogP contribution in [0.1, 0.15) is 25.7 Å². The first-order valence-electron chi connectivity index (χ1n) is 5.04. The summed E-state index contributed by atoms with van der Waals surface area (Å²) in [6, 6.07) is 0. The fourth-order valence-electron chi connectivity index (χ4n) is 2.12. The molecule has 17 heavy (non-hydrogen) atoms. The van der Waals surface area contributed by atoms with Crippen LogP contribution < -0.4 is 0 Å². The van der Waals surface area contributed by atoms with Crippen LogP contribution in [0.4, 0.5) is 26.3 Å². The van der Waals surface area contributed by atoms with Gasteiger partial charge in [-0.2, -0.15) is 26.3 Å². The lowest BCUT2D eigenvalue weighted by Crippen LogP contribution is -2.62. The van der Waals surface area contributed by atoms with Gasteiger partial charge in [-0.1, -0.05) is 0 Å². The van der Waals surface area contributed by atoms with Gasteiger partial charge in [-0.25, -0.2) is 0 Å². The topological polar surface area (TPSA) is 40.5 Å². The lowest BCUT2D eigenvalue weighted by Gasteiger charge is -2.41. The van der Waals surface area contributed by atoms with Gasteiger partial charge >= 0.3 is 12.4 Å². The third-order valence-electron chi connectivity index (χ3n) is 3.15. The number of aliphatic hydroxyl groups excluding tert-OH is 1. The molecule has 0 bridgehead atoms. The lowest BCUT2D eigenvalue weighted by molar-refractivity contribution is -0.387. The van der Waals surface area contributed by atoms with Crippen LogP contribution in [-0.2, 0) is 0 Å². The molecule has 1 rings (SSSR count). The van der Waals surface area contributed by atoms with Crippen molar-refractivity contribution in [1.82, 2.24) is 0 Å². The summed E-state index contributed by atoms with van der Waals surface area (Å²) in [5.74, 6) is -1.95. The summed E-state index contributed by atoms with van der Waals surface area (Å²) in [6.07, 6.45) is -13.8. The Kier molecular flexibility index (Phi) is 3.69. The van der Waals surface area contributed by atoms with Crippen LogP contribution in [0.5, 0.6) is 0 Å². The maximum atomic E-state index is 12.4. The normalized spacial score (nSPS) is 28.2. The number of hydrogen-bond acceptors (Lipinski definition) is 2. The Morgan fingerprint density at radius 2 is 1.12 bits per heavy atom. The van der Waals surface area contributed by atoms with Gasteiger partial charge < -0.3 is 10.2 Å². The van der Waals surface area contributed by atoms with Crippen molar-refractivity contribution in [3.05, 3.63) is 0 Å². The molecular formula is C9H12F6O2. The molecule has 2 N–H and O–H groups in total. The third-order valence-corrected chi connectivity index (χ3v) is 3.15. The summed E-state index contributed by atoms with van der Waals surface area (Å²) < 4.78 is 74.7. The van der Waals surface area contributed by atoms with E-state index in [1.807, 2.05) is 0 Å². The highest BCUT2D eigenvalue weighted by Crippen LogP contribution is 2.51. The number of alkyl halides is 6. The van der Waals surface area contributed by atoms with Crippen molar-refractivity contribution in [3.8, 4) is 0 Å². The minimum Gasteiger partial charge on any atom is -0.393 e. The molecule has 0 spiro atoms. The fourth-order valence-corrected chi connectivity index (χ4v) is 2.12. The van der Waals surface area contributed by atoms with Crippen LogP contribution in [-0.4, -0.2) is 34.3 Å². The van der Waals surface area contributed by atoms with Crippen LogP contribution >= 0.6 is 0 Å². The Morgan fingerprint density at radius 3 is 1.41 bits per heavy atom. The van der Waals surface area contributed by atoms with E-state index in [0.717, 1.165) is 0 Å². The highest BCUT2D eigenvalue weighted by Gasteiger charge is 2.73. The van der Waals surface area contributed by atoms with Crippen molar-refractivity contribution in [2.24, 2.45) is 5.92 Å². The van der Waals surface area contributed by atoms with E-state index in [2.05, 4.69) is 0 Å². The molecule has 1 aliphatic rings. The number of halogens is 6. The highest BCUT2D eigenvalue weighted by atomic mass is 19.4. The van der Waals surface area contributed by atoms with Gasteiger partial charge in [0, 0.05) is 5.92 Å². The van der Waals surface area contributed by atoms with E-state index in [9.17, 15) is 26.3 Å². The minimum atomic E-state index is -5.77. The van der Waals surface area contributed by atoms with E-state index in [-0.39, 0.29) is 12.8 Å². The summed E-state index contributed by atoms with van der Waals surface area (Å²) in [6.45, 7) is 0. The number of hydrogen-bond donors (Lipinski definition) is 2. The highest BCUT2D eigenvalue weighted by molar-refractivity contribution is 5.00. The molecule has 8 heteroatoms. The average molecular weight is 266 g/mol. The summed E-state index contributed by atoms with van der Waals surface area (Å²) in [7, 11) is 0. The smallest absolute Gasteiger partial charge is 0.393 e. The summed E-state index contributed by atoms with van der Waals surface area (Å²) in [5, 5.41) is 18.1. The molecule has 1 fully saturated rings. The van der Waals surface area contributed by atoms with Crippen LogP contribution in [0.3, 0.4) is 0 Å². The van der Waals surface area contributed by atoms with Crippen LogP contribution in [0, 0.1) is 5.92 Å². The van der Waals surface area contributed by atoms with Crippen LogP contribution in [0.2, 0.25) is 0 Å². The van der Waals surface area contributed by atoms with Crippen molar-refractivity contribution >= 4 is 0 Å². The number of aliphatic hydroxyl groups is 2. The molecule has 1 aliphatic carbocycles. The van der Waals surface area contributed by atoms with E-state index in [1.54, 1.807) is 0 Å². The summed E-state index contributed by atoms with van der Waals surface area (Å²) in [4.78, 5) is 0. The Labute approximate surface area is 93.2 Å². The van der Waals surface area contributed by atoms with E-state index >= 15 is 0 Å². The van der Waals surface area contributed by atoms with Gasteiger partial charge in [0.15, 0.2) is 0 Å². The average Bonchev–Trinajstić information content (AvgIpc) is 2.14. The van der Waals surface area contributed by atoms with Gasteiger partial charge in [0.05, 0.1) is 6.10 Å². The van der Waals surface area contributed by atoms with E-state index in [1.165, 1.54) is 0 Å². The van der Waals surface area contributed by atoms with E-state index in [0.29, 0.717) is 0 Å². The lowest BCUT2D eigenvalue weighted by atomic mass is 9.75. The molecule has 0 aromatic heterocycles. The Hall–Kier alpha value is -0.500. The molecule has 0 aromatic rings. The largest absolute Gasteiger partial charge is 0.426 e. The molecule has 0 heterocycles. The quantitative estimate of drug-likeness (QED) is 0.715. The Bertz CT molecular complexity index is 250. The van der Waals surface area contributed by atoms with Crippen LogP contribution in [0.15, 0.2) is 0 Å². The monoisotopic (exact) mass is 266 g/mol. The molecule has 102 valence electrons. The predicted octanol–water partition coefficient (Wildman–Crippen LogP) is 2.39. The Morgan fingerprint density at radius 1 is 0.765 bits per heavy atom. The van der Waals surface area contributed by atoms with Gasteiger partial charge in [0.25, 0.3) is 5.60 Å². The molecule has 0 atom stereocenters. The zero-order chi connectivity index (χ0) is 13.5. The molecule has 0 aliphatic heterocycles.